The normalized spacial score (nSPS) is 28.6. The standard InChI is InChI=1S/C11H20O4S/c1-8-3-5-10(6-4-8)16(14,15)7-9(2)11(12)13/h8-10H,3-7H2,1-2H3,(H,12,13). The summed E-state index contributed by atoms with van der Waals surface area (Å²) in [6.07, 6.45) is 3.25. The van der Waals surface area contributed by atoms with E-state index in [0.29, 0.717) is 18.8 Å². The van der Waals surface area contributed by atoms with Gasteiger partial charge in [0.15, 0.2) is 9.84 Å². The summed E-state index contributed by atoms with van der Waals surface area (Å²) < 4.78 is 23.9. The first-order chi connectivity index (χ1) is 7.33. The van der Waals surface area contributed by atoms with Crippen LogP contribution in [0.15, 0.2) is 0 Å². The Morgan fingerprint density at radius 3 is 2.25 bits per heavy atom. The molecule has 0 aromatic heterocycles. The minimum atomic E-state index is -3.23. The fourth-order valence-corrected chi connectivity index (χ4v) is 4.25. The largest absolute Gasteiger partial charge is 0.481 e. The smallest absolute Gasteiger partial charge is 0.307 e. The molecule has 16 heavy (non-hydrogen) atoms. The van der Waals surface area contributed by atoms with Crippen molar-refractivity contribution in [2.24, 2.45) is 11.8 Å². The molecule has 1 N–H and O–H groups in total. The number of carboxylic acids is 1. The van der Waals surface area contributed by atoms with Crippen molar-refractivity contribution < 1.29 is 18.3 Å². The van der Waals surface area contributed by atoms with E-state index >= 15 is 0 Å². The van der Waals surface area contributed by atoms with Crippen molar-refractivity contribution in [2.75, 3.05) is 5.75 Å². The molecule has 0 aromatic rings. The average molecular weight is 248 g/mol. The van der Waals surface area contributed by atoms with E-state index in [4.69, 9.17) is 5.11 Å². The highest BCUT2D eigenvalue weighted by molar-refractivity contribution is 7.92. The van der Waals surface area contributed by atoms with Gasteiger partial charge in [0, 0.05) is 0 Å². The van der Waals surface area contributed by atoms with Crippen molar-refractivity contribution in [2.45, 2.75) is 44.8 Å². The molecule has 0 saturated heterocycles. The van der Waals surface area contributed by atoms with E-state index in [9.17, 15) is 13.2 Å². The number of hydrogen-bond acceptors (Lipinski definition) is 3. The number of hydrogen-bond donors (Lipinski definition) is 1. The molecule has 1 unspecified atom stereocenters. The molecule has 1 aliphatic carbocycles. The lowest BCUT2D eigenvalue weighted by atomic mass is 9.91. The lowest BCUT2D eigenvalue weighted by Crippen LogP contribution is -2.32. The zero-order valence-electron chi connectivity index (χ0n) is 9.85. The zero-order chi connectivity index (χ0) is 12.3. The van der Waals surface area contributed by atoms with Gasteiger partial charge >= 0.3 is 5.97 Å². The maximum atomic E-state index is 11.9. The van der Waals surface area contributed by atoms with Gasteiger partial charge in [-0.15, -0.1) is 0 Å². The zero-order valence-corrected chi connectivity index (χ0v) is 10.7. The van der Waals surface area contributed by atoms with E-state index in [1.54, 1.807) is 0 Å². The van der Waals surface area contributed by atoms with Crippen LogP contribution in [0.25, 0.3) is 0 Å². The fraction of sp³-hybridized carbons (Fsp3) is 0.909. The molecule has 0 aliphatic heterocycles. The van der Waals surface area contributed by atoms with Crippen LogP contribution in [-0.4, -0.2) is 30.5 Å². The van der Waals surface area contributed by atoms with E-state index in [0.717, 1.165) is 12.8 Å². The van der Waals surface area contributed by atoms with Crippen LogP contribution in [0.3, 0.4) is 0 Å². The Kier molecular flexibility index (Phi) is 4.35. The van der Waals surface area contributed by atoms with Crippen LogP contribution in [0.2, 0.25) is 0 Å². The molecule has 0 heterocycles. The molecule has 0 amide bonds. The summed E-state index contributed by atoms with van der Waals surface area (Å²) in [5.41, 5.74) is 0. The summed E-state index contributed by atoms with van der Waals surface area (Å²) >= 11 is 0. The SMILES string of the molecule is CC1CCC(S(=O)(=O)CC(C)C(=O)O)CC1. The Hall–Kier alpha value is -0.580. The summed E-state index contributed by atoms with van der Waals surface area (Å²) in [7, 11) is -3.23. The van der Waals surface area contributed by atoms with Crippen LogP contribution in [-0.2, 0) is 14.6 Å². The summed E-state index contributed by atoms with van der Waals surface area (Å²) in [5, 5.41) is 8.41. The molecule has 1 atom stereocenters. The number of sulfone groups is 1. The van der Waals surface area contributed by atoms with Crippen LogP contribution in [0.1, 0.15) is 39.5 Å². The first kappa shape index (κ1) is 13.5. The Labute approximate surface area is 97.0 Å². The first-order valence-electron chi connectivity index (χ1n) is 5.77. The third-order valence-electron chi connectivity index (χ3n) is 3.37. The van der Waals surface area contributed by atoms with Crippen LogP contribution < -0.4 is 0 Å². The molecule has 1 rings (SSSR count). The Bertz CT molecular complexity index is 339. The van der Waals surface area contributed by atoms with Gasteiger partial charge in [-0.25, -0.2) is 8.42 Å². The second kappa shape index (κ2) is 5.17. The van der Waals surface area contributed by atoms with Crippen LogP contribution in [0.5, 0.6) is 0 Å². The van der Waals surface area contributed by atoms with E-state index < -0.39 is 21.7 Å². The second-order valence-electron chi connectivity index (χ2n) is 4.95. The van der Waals surface area contributed by atoms with Crippen molar-refractivity contribution in [1.29, 1.82) is 0 Å². The lowest BCUT2D eigenvalue weighted by Gasteiger charge is -2.26. The predicted molar refractivity (Wildman–Crippen MR) is 62.0 cm³/mol. The third-order valence-corrected chi connectivity index (χ3v) is 5.83. The van der Waals surface area contributed by atoms with Crippen molar-refractivity contribution in [3.63, 3.8) is 0 Å². The van der Waals surface area contributed by atoms with Gasteiger partial charge in [-0.05, 0) is 31.6 Å². The first-order valence-corrected chi connectivity index (χ1v) is 7.49. The number of carbonyl (C=O) groups is 1. The van der Waals surface area contributed by atoms with Gasteiger partial charge in [-0.3, -0.25) is 4.79 Å². The van der Waals surface area contributed by atoms with E-state index in [2.05, 4.69) is 6.92 Å². The summed E-state index contributed by atoms with van der Waals surface area (Å²) in [6, 6.07) is 0. The molecule has 1 fully saturated rings. The molecule has 94 valence electrons. The molecule has 0 spiro atoms. The van der Waals surface area contributed by atoms with Gasteiger partial charge < -0.3 is 5.11 Å². The van der Waals surface area contributed by atoms with E-state index in [1.165, 1.54) is 6.92 Å². The summed E-state index contributed by atoms with van der Waals surface area (Å²) in [6.45, 7) is 3.58. The maximum absolute atomic E-state index is 11.9. The molecule has 1 aliphatic rings. The van der Waals surface area contributed by atoms with Crippen molar-refractivity contribution in [3.8, 4) is 0 Å². The highest BCUT2D eigenvalue weighted by Crippen LogP contribution is 2.29. The molecule has 5 heteroatoms. The van der Waals surface area contributed by atoms with Gasteiger partial charge in [0.1, 0.15) is 0 Å². The quantitative estimate of drug-likeness (QED) is 0.822. The van der Waals surface area contributed by atoms with Gasteiger partial charge in [-0.2, -0.15) is 0 Å². The van der Waals surface area contributed by atoms with E-state index in [1.807, 2.05) is 0 Å². The second-order valence-corrected chi connectivity index (χ2v) is 7.28. The van der Waals surface area contributed by atoms with Crippen LogP contribution in [0, 0.1) is 11.8 Å². The maximum Gasteiger partial charge on any atom is 0.307 e. The summed E-state index contributed by atoms with van der Waals surface area (Å²) in [5.74, 6) is -1.46. The predicted octanol–water partition coefficient (Wildman–Crippen LogP) is 1.70. The number of rotatable bonds is 4. The monoisotopic (exact) mass is 248 g/mol. The molecule has 0 aromatic carbocycles. The highest BCUT2D eigenvalue weighted by atomic mass is 32.2. The Morgan fingerprint density at radius 2 is 1.81 bits per heavy atom. The van der Waals surface area contributed by atoms with Gasteiger partial charge in [0.25, 0.3) is 0 Å². The fourth-order valence-electron chi connectivity index (χ4n) is 2.14. The average Bonchev–Trinajstić information content (AvgIpc) is 2.17. The van der Waals surface area contributed by atoms with E-state index in [-0.39, 0.29) is 11.0 Å². The molecule has 0 bridgehead atoms. The Balaban J connectivity index is 2.60. The minimum Gasteiger partial charge on any atom is -0.481 e. The third kappa shape index (κ3) is 3.47. The molecule has 0 radical (unpaired) electrons. The van der Waals surface area contributed by atoms with Crippen molar-refractivity contribution in [3.05, 3.63) is 0 Å². The molecule has 1 saturated carbocycles. The Morgan fingerprint density at radius 1 is 1.31 bits per heavy atom. The minimum absolute atomic E-state index is 0.221. The molecule has 4 nitrogen and oxygen atoms in total. The van der Waals surface area contributed by atoms with Gasteiger partial charge in [0.05, 0.1) is 16.9 Å². The van der Waals surface area contributed by atoms with Crippen LogP contribution in [0.4, 0.5) is 0 Å². The topological polar surface area (TPSA) is 71.4 Å². The van der Waals surface area contributed by atoms with Crippen molar-refractivity contribution >= 4 is 15.8 Å². The lowest BCUT2D eigenvalue weighted by molar-refractivity contribution is -0.140. The van der Waals surface area contributed by atoms with Crippen molar-refractivity contribution in [1.82, 2.24) is 0 Å². The number of aliphatic carboxylic acids is 1. The van der Waals surface area contributed by atoms with Gasteiger partial charge in [-0.1, -0.05) is 13.8 Å². The highest BCUT2D eigenvalue weighted by Gasteiger charge is 2.32. The number of carboxylic acid groups (broad SMARTS) is 1. The molecular formula is C11H20O4S. The van der Waals surface area contributed by atoms with Gasteiger partial charge in [0.2, 0.25) is 0 Å². The molecular weight excluding hydrogens is 228 g/mol. The van der Waals surface area contributed by atoms with Crippen LogP contribution >= 0.6 is 0 Å². The summed E-state index contributed by atoms with van der Waals surface area (Å²) in [4.78, 5) is 10.6.